The number of aldehydes is 1. The molecule has 0 spiro atoms. The molecule has 0 atom stereocenters. The van der Waals surface area contributed by atoms with Gasteiger partial charge in [-0.05, 0) is 23.6 Å². The highest BCUT2D eigenvalue weighted by atomic mass is 35.5. The molecule has 158 valence electrons. The number of benzene rings is 1. The SMILES string of the molecule is CCCCc1nc(Cl)c(C=O)n1Cc1ccc(/C=C/C=C\C=C\C(=N\N)NN)cc1. The lowest BCUT2D eigenvalue weighted by Gasteiger charge is -2.10. The molecule has 30 heavy (non-hydrogen) atoms. The Balaban J connectivity index is 2.04. The molecule has 0 aliphatic rings. The lowest BCUT2D eigenvalue weighted by molar-refractivity contribution is 0.111. The van der Waals surface area contributed by atoms with Crippen molar-refractivity contribution in [2.24, 2.45) is 16.8 Å². The molecule has 8 heteroatoms. The number of carbonyl (C=O) groups is 1. The number of allylic oxidation sites excluding steroid dienone is 4. The van der Waals surface area contributed by atoms with Crippen molar-refractivity contribution in [1.29, 1.82) is 0 Å². The maximum absolute atomic E-state index is 11.5. The lowest BCUT2D eigenvalue weighted by atomic mass is 10.1. The third kappa shape index (κ3) is 6.72. The fourth-order valence-electron chi connectivity index (χ4n) is 2.78. The van der Waals surface area contributed by atoms with E-state index >= 15 is 0 Å². The zero-order valence-electron chi connectivity index (χ0n) is 17.0. The average molecular weight is 427 g/mol. The molecule has 1 aromatic carbocycles. The van der Waals surface area contributed by atoms with Crippen LogP contribution in [-0.2, 0) is 13.0 Å². The van der Waals surface area contributed by atoms with Crippen LogP contribution in [0.2, 0.25) is 5.15 Å². The Morgan fingerprint density at radius 2 is 1.97 bits per heavy atom. The van der Waals surface area contributed by atoms with Crippen molar-refractivity contribution in [3.05, 3.63) is 82.4 Å². The first-order valence-electron chi connectivity index (χ1n) is 9.67. The second-order valence-corrected chi connectivity index (χ2v) is 6.87. The van der Waals surface area contributed by atoms with E-state index in [-0.39, 0.29) is 5.15 Å². The minimum Gasteiger partial charge on any atom is -0.321 e. The summed E-state index contributed by atoms with van der Waals surface area (Å²) in [5.41, 5.74) is 4.93. The summed E-state index contributed by atoms with van der Waals surface area (Å²) in [6, 6.07) is 8.12. The number of unbranched alkanes of at least 4 members (excludes halogenated alkanes) is 1. The molecule has 5 N–H and O–H groups in total. The van der Waals surface area contributed by atoms with Gasteiger partial charge < -0.3 is 15.8 Å². The summed E-state index contributed by atoms with van der Waals surface area (Å²) < 4.78 is 1.90. The number of hydrazine groups is 1. The zero-order valence-corrected chi connectivity index (χ0v) is 17.7. The van der Waals surface area contributed by atoms with Crippen LogP contribution in [0.25, 0.3) is 6.08 Å². The highest BCUT2D eigenvalue weighted by molar-refractivity contribution is 6.31. The predicted octanol–water partition coefficient (Wildman–Crippen LogP) is 3.60. The van der Waals surface area contributed by atoms with E-state index in [4.69, 9.17) is 23.3 Å². The van der Waals surface area contributed by atoms with Gasteiger partial charge in [-0.15, -0.1) is 0 Å². The van der Waals surface area contributed by atoms with E-state index in [9.17, 15) is 4.79 Å². The number of carbonyl (C=O) groups excluding carboxylic acids is 1. The van der Waals surface area contributed by atoms with Crippen LogP contribution in [0, 0.1) is 0 Å². The van der Waals surface area contributed by atoms with Crippen LogP contribution in [0.4, 0.5) is 0 Å². The van der Waals surface area contributed by atoms with Gasteiger partial charge in [0.25, 0.3) is 0 Å². The van der Waals surface area contributed by atoms with Gasteiger partial charge in [0, 0.05) is 13.0 Å². The summed E-state index contributed by atoms with van der Waals surface area (Å²) in [4.78, 5) is 15.8. The fourth-order valence-corrected chi connectivity index (χ4v) is 3.03. The number of rotatable bonds is 10. The van der Waals surface area contributed by atoms with E-state index < -0.39 is 0 Å². The fraction of sp³-hybridized carbons (Fsp3) is 0.227. The van der Waals surface area contributed by atoms with Crippen LogP contribution in [0.3, 0.4) is 0 Å². The third-order valence-electron chi connectivity index (χ3n) is 4.39. The molecular formula is C22H27ClN6O. The molecule has 1 aromatic heterocycles. The van der Waals surface area contributed by atoms with Gasteiger partial charge in [-0.1, -0.05) is 79.6 Å². The number of aryl methyl sites for hydroxylation is 1. The van der Waals surface area contributed by atoms with Gasteiger partial charge in [0.1, 0.15) is 11.5 Å². The van der Waals surface area contributed by atoms with Gasteiger partial charge in [-0.25, -0.2) is 10.8 Å². The second-order valence-electron chi connectivity index (χ2n) is 6.52. The lowest BCUT2D eigenvalue weighted by Crippen LogP contribution is -2.29. The van der Waals surface area contributed by atoms with Crippen LogP contribution in [0.1, 0.15) is 47.2 Å². The van der Waals surface area contributed by atoms with Gasteiger partial charge in [-0.3, -0.25) is 4.79 Å². The third-order valence-corrected chi connectivity index (χ3v) is 4.67. The minimum absolute atomic E-state index is 0.267. The molecule has 0 aliphatic carbocycles. The molecule has 0 radical (unpaired) electrons. The molecule has 0 saturated heterocycles. The molecule has 0 saturated carbocycles. The van der Waals surface area contributed by atoms with Crippen LogP contribution < -0.4 is 17.1 Å². The number of hydrogen-bond donors (Lipinski definition) is 3. The number of amidine groups is 1. The number of hydrazone groups is 1. The molecule has 2 aromatic rings. The Bertz CT molecular complexity index is 941. The van der Waals surface area contributed by atoms with Crippen LogP contribution in [0.5, 0.6) is 0 Å². The predicted molar refractivity (Wildman–Crippen MR) is 123 cm³/mol. The Hall–Kier alpha value is -3.16. The Kier molecular flexibility index (Phi) is 9.57. The molecule has 2 rings (SSSR count). The van der Waals surface area contributed by atoms with E-state index in [2.05, 4.69) is 22.4 Å². The second kappa shape index (κ2) is 12.4. The van der Waals surface area contributed by atoms with Crippen LogP contribution in [0.15, 0.2) is 59.7 Å². The van der Waals surface area contributed by atoms with Crippen LogP contribution >= 0.6 is 11.6 Å². The molecule has 0 aliphatic heterocycles. The van der Waals surface area contributed by atoms with Crippen molar-refractivity contribution in [2.45, 2.75) is 32.7 Å². The van der Waals surface area contributed by atoms with Crippen molar-refractivity contribution in [3.63, 3.8) is 0 Å². The Morgan fingerprint density at radius 1 is 1.23 bits per heavy atom. The van der Waals surface area contributed by atoms with Gasteiger partial charge in [0.05, 0.1) is 0 Å². The quantitative estimate of drug-likeness (QED) is 0.134. The number of nitrogens with zero attached hydrogens (tertiary/aromatic N) is 3. The van der Waals surface area contributed by atoms with Gasteiger partial charge >= 0.3 is 0 Å². The first kappa shape index (κ1) is 23.1. The molecule has 7 nitrogen and oxygen atoms in total. The van der Waals surface area contributed by atoms with E-state index in [1.807, 2.05) is 53.1 Å². The number of imidazole rings is 1. The van der Waals surface area contributed by atoms with Crippen molar-refractivity contribution in [2.75, 3.05) is 0 Å². The number of aromatic nitrogens is 2. The Morgan fingerprint density at radius 3 is 2.60 bits per heavy atom. The van der Waals surface area contributed by atoms with E-state index in [1.54, 1.807) is 12.2 Å². The first-order chi connectivity index (χ1) is 14.6. The average Bonchev–Trinajstić information content (AvgIpc) is 3.06. The summed E-state index contributed by atoms with van der Waals surface area (Å²) in [5, 5.41) is 3.72. The van der Waals surface area contributed by atoms with Crippen molar-refractivity contribution in [1.82, 2.24) is 15.0 Å². The van der Waals surface area contributed by atoms with Gasteiger partial charge in [0.2, 0.25) is 0 Å². The van der Waals surface area contributed by atoms with Gasteiger partial charge in [-0.2, -0.15) is 5.10 Å². The van der Waals surface area contributed by atoms with E-state index in [0.29, 0.717) is 18.1 Å². The summed E-state index contributed by atoms with van der Waals surface area (Å²) in [5.74, 6) is 11.6. The molecule has 0 fully saturated rings. The maximum atomic E-state index is 11.5. The standard InChI is InChI=1S/C22H27ClN6O/c1-2-3-10-21-26-22(23)19(16-30)29(21)15-18-13-11-17(12-14-18)8-6-4-5-7-9-20(27-24)28-25/h4-9,11-14,16H,2-3,10,15,24-25H2,1H3,(H,27,28)/b5-4-,8-6+,9-7+. The van der Waals surface area contributed by atoms with E-state index in [0.717, 1.165) is 42.5 Å². The van der Waals surface area contributed by atoms with E-state index in [1.165, 1.54) is 0 Å². The number of halogens is 1. The summed E-state index contributed by atoms with van der Waals surface area (Å²) in [6.07, 6.45) is 14.7. The normalized spacial score (nSPS) is 12.4. The number of nitrogens with one attached hydrogen (secondary N) is 1. The largest absolute Gasteiger partial charge is 0.321 e. The highest BCUT2D eigenvalue weighted by Crippen LogP contribution is 2.19. The summed E-state index contributed by atoms with van der Waals surface area (Å²) >= 11 is 6.14. The van der Waals surface area contributed by atoms with Crippen molar-refractivity contribution >= 4 is 29.8 Å². The monoisotopic (exact) mass is 426 g/mol. The molecular weight excluding hydrogens is 400 g/mol. The summed E-state index contributed by atoms with van der Waals surface area (Å²) in [6.45, 7) is 2.68. The summed E-state index contributed by atoms with van der Waals surface area (Å²) in [7, 11) is 0. The first-order valence-corrected chi connectivity index (χ1v) is 10.1. The number of hydrogen-bond acceptors (Lipinski definition) is 5. The van der Waals surface area contributed by atoms with Crippen molar-refractivity contribution < 1.29 is 4.79 Å². The zero-order chi connectivity index (χ0) is 21.8. The minimum atomic E-state index is 0.267. The molecule has 1 heterocycles. The Labute approximate surface area is 181 Å². The number of nitrogens with two attached hydrogens (primary N) is 2. The van der Waals surface area contributed by atoms with Crippen LogP contribution in [-0.4, -0.2) is 21.7 Å². The topological polar surface area (TPSA) is 111 Å². The molecule has 0 bridgehead atoms. The highest BCUT2D eigenvalue weighted by Gasteiger charge is 2.15. The molecule has 0 amide bonds. The maximum Gasteiger partial charge on any atom is 0.169 e. The van der Waals surface area contributed by atoms with Gasteiger partial charge in [0.15, 0.2) is 17.3 Å². The van der Waals surface area contributed by atoms with Crippen molar-refractivity contribution in [3.8, 4) is 0 Å². The smallest absolute Gasteiger partial charge is 0.169 e. The molecule has 0 unspecified atom stereocenters.